The molecule has 1 fully saturated rings. The molecule has 0 unspecified atom stereocenters. The standard InChI is InChI=1S/C16H26S/c1-14-12-13-16(17-14)15-10-8-6-4-2-3-5-7-9-11-15/h12-13,15H,2-11H2,1H3. The van der Waals surface area contributed by atoms with Crippen molar-refractivity contribution in [3.8, 4) is 0 Å². The maximum atomic E-state index is 2.38. The van der Waals surface area contributed by atoms with Crippen molar-refractivity contribution in [1.29, 1.82) is 0 Å². The van der Waals surface area contributed by atoms with Gasteiger partial charge in [-0.3, -0.25) is 0 Å². The van der Waals surface area contributed by atoms with Crippen LogP contribution in [-0.4, -0.2) is 0 Å². The van der Waals surface area contributed by atoms with Crippen LogP contribution in [0.5, 0.6) is 0 Å². The van der Waals surface area contributed by atoms with E-state index in [2.05, 4.69) is 19.1 Å². The first-order valence-electron chi connectivity index (χ1n) is 7.42. The summed E-state index contributed by atoms with van der Waals surface area (Å²) in [6.07, 6.45) is 14.6. The van der Waals surface area contributed by atoms with Crippen LogP contribution in [0.1, 0.15) is 79.9 Å². The van der Waals surface area contributed by atoms with Crippen molar-refractivity contribution in [2.45, 2.75) is 77.0 Å². The first kappa shape index (κ1) is 13.1. The molecule has 0 radical (unpaired) electrons. The molecule has 1 aliphatic carbocycles. The van der Waals surface area contributed by atoms with Crippen LogP contribution in [0.2, 0.25) is 0 Å². The lowest BCUT2D eigenvalue weighted by molar-refractivity contribution is 0.520. The zero-order valence-electron chi connectivity index (χ0n) is 11.2. The van der Waals surface area contributed by atoms with Gasteiger partial charge in [-0.25, -0.2) is 0 Å². The van der Waals surface area contributed by atoms with Crippen molar-refractivity contribution < 1.29 is 0 Å². The number of hydrogen-bond donors (Lipinski definition) is 0. The molecule has 96 valence electrons. The fourth-order valence-electron chi connectivity index (χ4n) is 2.94. The van der Waals surface area contributed by atoms with E-state index < -0.39 is 0 Å². The Morgan fingerprint density at radius 1 is 0.824 bits per heavy atom. The first-order valence-corrected chi connectivity index (χ1v) is 8.24. The number of thiophene rings is 1. The van der Waals surface area contributed by atoms with E-state index in [0.717, 1.165) is 5.92 Å². The molecule has 0 amide bonds. The monoisotopic (exact) mass is 250 g/mol. The highest BCUT2D eigenvalue weighted by molar-refractivity contribution is 7.12. The summed E-state index contributed by atoms with van der Waals surface area (Å²) in [6, 6.07) is 4.68. The predicted octanol–water partition coefficient (Wildman–Crippen LogP) is 6.05. The maximum absolute atomic E-state index is 2.38. The summed E-state index contributed by atoms with van der Waals surface area (Å²) >= 11 is 2.03. The Hall–Kier alpha value is -0.300. The minimum absolute atomic E-state index is 0.867. The van der Waals surface area contributed by atoms with Gasteiger partial charge in [0.25, 0.3) is 0 Å². The van der Waals surface area contributed by atoms with Crippen LogP contribution in [0, 0.1) is 6.92 Å². The van der Waals surface area contributed by atoms with E-state index in [0.29, 0.717) is 0 Å². The van der Waals surface area contributed by atoms with Crippen molar-refractivity contribution in [2.24, 2.45) is 0 Å². The van der Waals surface area contributed by atoms with Crippen molar-refractivity contribution in [3.63, 3.8) is 0 Å². The van der Waals surface area contributed by atoms with Gasteiger partial charge in [-0.2, -0.15) is 0 Å². The highest BCUT2D eigenvalue weighted by Crippen LogP contribution is 2.33. The van der Waals surface area contributed by atoms with Crippen molar-refractivity contribution in [3.05, 3.63) is 21.9 Å². The second kappa shape index (κ2) is 7.20. The summed E-state index contributed by atoms with van der Waals surface area (Å²) in [7, 11) is 0. The van der Waals surface area contributed by atoms with Crippen LogP contribution in [0.3, 0.4) is 0 Å². The summed E-state index contributed by atoms with van der Waals surface area (Å²) in [5, 5.41) is 0. The lowest BCUT2D eigenvalue weighted by Gasteiger charge is -2.14. The number of aryl methyl sites for hydroxylation is 1. The molecule has 1 saturated carbocycles. The molecule has 0 aromatic carbocycles. The molecule has 17 heavy (non-hydrogen) atoms. The quantitative estimate of drug-likeness (QED) is 0.568. The van der Waals surface area contributed by atoms with Gasteiger partial charge in [0.15, 0.2) is 0 Å². The first-order chi connectivity index (χ1) is 8.36. The normalized spacial score (nSPS) is 21.0. The van der Waals surface area contributed by atoms with Crippen LogP contribution in [0.25, 0.3) is 0 Å². The SMILES string of the molecule is Cc1ccc(C2CCCCCCCCCC2)s1. The van der Waals surface area contributed by atoms with E-state index in [4.69, 9.17) is 0 Å². The molecule has 0 nitrogen and oxygen atoms in total. The average molecular weight is 250 g/mol. The minimum Gasteiger partial charge on any atom is -0.145 e. The number of rotatable bonds is 1. The molecular formula is C16H26S. The summed E-state index contributed by atoms with van der Waals surface area (Å²) in [5.41, 5.74) is 0. The largest absolute Gasteiger partial charge is 0.145 e. The Balaban J connectivity index is 1.92. The van der Waals surface area contributed by atoms with Crippen LogP contribution in [0.15, 0.2) is 12.1 Å². The minimum atomic E-state index is 0.867. The van der Waals surface area contributed by atoms with Crippen molar-refractivity contribution in [2.75, 3.05) is 0 Å². The smallest absolute Gasteiger partial charge is 0.00790 e. The molecule has 1 aromatic heterocycles. The highest BCUT2D eigenvalue weighted by atomic mass is 32.1. The number of hydrogen-bond acceptors (Lipinski definition) is 1. The van der Waals surface area contributed by atoms with Crippen LogP contribution < -0.4 is 0 Å². The molecule has 1 heteroatoms. The molecular weight excluding hydrogens is 224 g/mol. The van der Waals surface area contributed by atoms with E-state index >= 15 is 0 Å². The lowest BCUT2D eigenvalue weighted by atomic mass is 9.94. The third kappa shape index (κ3) is 4.46. The Bertz CT molecular complexity index is 301. The Morgan fingerprint density at radius 3 is 1.82 bits per heavy atom. The van der Waals surface area contributed by atoms with Gasteiger partial charge in [0, 0.05) is 9.75 Å². The zero-order chi connectivity index (χ0) is 11.9. The fourth-order valence-corrected chi connectivity index (χ4v) is 3.99. The maximum Gasteiger partial charge on any atom is 0.00790 e. The molecule has 2 rings (SSSR count). The molecule has 0 spiro atoms. The summed E-state index contributed by atoms with van der Waals surface area (Å²) in [6.45, 7) is 2.24. The van der Waals surface area contributed by atoms with Gasteiger partial charge < -0.3 is 0 Å². The average Bonchev–Trinajstić information content (AvgIpc) is 2.72. The molecule has 0 bridgehead atoms. The van der Waals surface area contributed by atoms with Gasteiger partial charge in [0.1, 0.15) is 0 Å². The van der Waals surface area contributed by atoms with E-state index in [-0.39, 0.29) is 0 Å². The van der Waals surface area contributed by atoms with Gasteiger partial charge >= 0.3 is 0 Å². The second-order valence-corrected chi connectivity index (χ2v) is 6.87. The van der Waals surface area contributed by atoms with Crippen LogP contribution >= 0.6 is 11.3 Å². The van der Waals surface area contributed by atoms with Gasteiger partial charge in [-0.15, -0.1) is 11.3 Å². The van der Waals surface area contributed by atoms with Gasteiger partial charge in [0.05, 0.1) is 0 Å². The third-order valence-electron chi connectivity index (χ3n) is 4.02. The van der Waals surface area contributed by atoms with E-state index in [1.807, 2.05) is 11.3 Å². The van der Waals surface area contributed by atoms with Crippen LogP contribution in [0.4, 0.5) is 0 Å². The topological polar surface area (TPSA) is 0 Å². The van der Waals surface area contributed by atoms with Crippen LogP contribution in [-0.2, 0) is 0 Å². The van der Waals surface area contributed by atoms with Crippen molar-refractivity contribution in [1.82, 2.24) is 0 Å². The molecule has 0 saturated heterocycles. The van der Waals surface area contributed by atoms with E-state index in [1.165, 1.54) is 69.1 Å². The molecule has 1 aromatic rings. The molecule has 0 atom stereocenters. The zero-order valence-corrected chi connectivity index (χ0v) is 12.0. The Labute approximate surface area is 110 Å². The highest BCUT2D eigenvalue weighted by Gasteiger charge is 2.13. The van der Waals surface area contributed by atoms with E-state index in [1.54, 1.807) is 4.88 Å². The molecule has 0 aliphatic heterocycles. The summed E-state index contributed by atoms with van der Waals surface area (Å²) in [4.78, 5) is 3.14. The second-order valence-electron chi connectivity index (χ2n) is 5.55. The van der Waals surface area contributed by atoms with Gasteiger partial charge in [0.2, 0.25) is 0 Å². The molecule has 1 aliphatic rings. The Kier molecular flexibility index (Phi) is 5.57. The molecule has 0 N–H and O–H groups in total. The van der Waals surface area contributed by atoms with Gasteiger partial charge in [-0.05, 0) is 37.8 Å². The van der Waals surface area contributed by atoms with Gasteiger partial charge in [-0.1, -0.05) is 51.4 Å². The van der Waals surface area contributed by atoms with Crippen molar-refractivity contribution >= 4 is 11.3 Å². The lowest BCUT2D eigenvalue weighted by Crippen LogP contribution is -1.96. The Morgan fingerprint density at radius 2 is 1.35 bits per heavy atom. The molecule has 1 heterocycles. The third-order valence-corrected chi connectivity index (χ3v) is 5.18. The summed E-state index contributed by atoms with van der Waals surface area (Å²) < 4.78 is 0. The van der Waals surface area contributed by atoms with E-state index in [9.17, 15) is 0 Å². The predicted molar refractivity (Wildman–Crippen MR) is 78.0 cm³/mol. The fraction of sp³-hybridized carbons (Fsp3) is 0.750. The summed E-state index contributed by atoms with van der Waals surface area (Å²) in [5.74, 6) is 0.867.